The van der Waals surface area contributed by atoms with Gasteiger partial charge in [0.25, 0.3) is 5.91 Å². The molecular weight excluding hydrogens is 226 g/mol. The van der Waals surface area contributed by atoms with Gasteiger partial charge in [-0.1, -0.05) is 19.3 Å². The molecule has 1 N–H and O–H groups in total. The smallest absolute Gasteiger partial charge is 0.252 e. The van der Waals surface area contributed by atoms with Crippen molar-refractivity contribution in [1.29, 1.82) is 5.26 Å². The molecule has 4 nitrogen and oxygen atoms in total. The molecule has 1 aromatic rings. The minimum Gasteiger partial charge on any atom is -0.352 e. The van der Waals surface area contributed by atoms with Gasteiger partial charge in [0.15, 0.2) is 0 Å². The molecule has 1 fully saturated rings. The summed E-state index contributed by atoms with van der Waals surface area (Å²) < 4.78 is 0. The summed E-state index contributed by atoms with van der Waals surface area (Å²) in [6.07, 6.45) is 9.22. The van der Waals surface area contributed by atoms with Crippen molar-refractivity contribution in [3.63, 3.8) is 0 Å². The first-order chi connectivity index (χ1) is 8.79. The molecule has 0 saturated heterocycles. The first kappa shape index (κ1) is 12.6. The van der Waals surface area contributed by atoms with Gasteiger partial charge in [0.05, 0.1) is 11.1 Å². The van der Waals surface area contributed by atoms with E-state index in [1.807, 2.05) is 6.07 Å². The maximum atomic E-state index is 11.9. The van der Waals surface area contributed by atoms with E-state index >= 15 is 0 Å². The van der Waals surface area contributed by atoms with Gasteiger partial charge in [-0.05, 0) is 24.8 Å². The third kappa shape index (κ3) is 3.30. The summed E-state index contributed by atoms with van der Waals surface area (Å²) in [5.41, 5.74) is 0.880. The number of aromatic nitrogens is 1. The van der Waals surface area contributed by atoms with Crippen molar-refractivity contribution in [2.75, 3.05) is 6.54 Å². The number of carbonyl (C=O) groups excluding carboxylic acids is 1. The molecule has 4 heteroatoms. The Morgan fingerprint density at radius 2 is 2.17 bits per heavy atom. The van der Waals surface area contributed by atoms with Gasteiger partial charge in [-0.2, -0.15) is 5.26 Å². The highest BCUT2D eigenvalue weighted by molar-refractivity contribution is 5.94. The molecule has 0 spiro atoms. The van der Waals surface area contributed by atoms with Gasteiger partial charge in [0, 0.05) is 18.9 Å². The number of amides is 1. The zero-order valence-corrected chi connectivity index (χ0v) is 10.4. The highest BCUT2D eigenvalue weighted by Gasteiger charge is 2.15. The van der Waals surface area contributed by atoms with E-state index in [1.54, 1.807) is 6.07 Å². The van der Waals surface area contributed by atoms with Crippen molar-refractivity contribution in [3.05, 3.63) is 29.6 Å². The molecule has 2 rings (SSSR count). The average molecular weight is 243 g/mol. The zero-order chi connectivity index (χ0) is 12.8. The van der Waals surface area contributed by atoms with Crippen molar-refractivity contribution in [2.24, 2.45) is 5.92 Å². The number of nitriles is 1. The molecule has 0 atom stereocenters. The minimum atomic E-state index is -0.134. The van der Waals surface area contributed by atoms with Crippen LogP contribution in [0.25, 0.3) is 0 Å². The lowest BCUT2D eigenvalue weighted by molar-refractivity contribution is 0.0943. The Morgan fingerprint density at radius 1 is 1.39 bits per heavy atom. The highest BCUT2D eigenvalue weighted by Crippen LogP contribution is 2.22. The molecule has 1 aliphatic carbocycles. The monoisotopic (exact) mass is 243 g/mol. The maximum Gasteiger partial charge on any atom is 0.252 e. The van der Waals surface area contributed by atoms with Crippen LogP contribution in [-0.4, -0.2) is 17.4 Å². The quantitative estimate of drug-likeness (QED) is 0.885. The second-order valence-corrected chi connectivity index (χ2v) is 4.79. The van der Waals surface area contributed by atoms with Crippen LogP contribution in [0.3, 0.4) is 0 Å². The molecule has 1 saturated carbocycles. The fourth-order valence-electron chi connectivity index (χ4n) is 2.36. The van der Waals surface area contributed by atoms with E-state index < -0.39 is 0 Å². The van der Waals surface area contributed by atoms with Crippen molar-refractivity contribution in [2.45, 2.75) is 32.1 Å². The lowest BCUT2D eigenvalue weighted by Crippen LogP contribution is -2.30. The first-order valence-corrected chi connectivity index (χ1v) is 6.43. The van der Waals surface area contributed by atoms with E-state index in [1.165, 1.54) is 44.5 Å². The van der Waals surface area contributed by atoms with Crippen molar-refractivity contribution < 1.29 is 4.79 Å². The maximum absolute atomic E-state index is 11.9. The van der Waals surface area contributed by atoms with Gasteiger partial charge >= 0.3 is 0 Å². The fraction of sp³-hybridized carbons (Fsp3) is 0.500. The SMILES string of the molecule is N#Cc1cncc(C(=O)NCC2CCCCC2)c1. The fourth-order valence-corrected chi connectivity index (χ4v) is 2.36. The van der Waals surface area contributed by atoms with Crippen molar-refractivity contribution >= 4 is 5.91 Å². The lowest BCUT2D eigenvalue weighted by atomic mass is 9.89. The molecule has 1 heterocycles. The van der Waals surface area contributed by atoms with E-state index in [9.17, 15) is 4.79 Å². The van der Waals surface area contributed by atoms with Crippen LogP contribution in [0.15, 0.2) is 18.5 Å². The predicted octanol–water partition coefficient (Wildman–Crippen LogP) is 2.26. The van der Waals surface area contributed by atoms with Gasteiger partial charge in [-0.3, -0.25) is 9.78 Å². The zero-order valence-electron chi connectivity index (χ0n) is 10.4. The van der Waals surface area contributed by atoms with Crippen LogP contribution in [0.1, 0.15) is 48.0 Å². The van der Waals surface area contributed by atoms with Crippen LogP contribution < -0.4 is 5.32 Å². The second-order valence-electron chi connectivity index (χ2n) is 4.79. The van der Waals surface area contributed by atoms with Crippen LogP contribution in [0, 0.1) is 17.2 Å². The third-order valence-electron chi connectivity index (χ3n) is 3.41. The van der Waals surface area contributed by atoms with Gasteiger partial charge in [0.2, 0.25) is 0 Å². The predicted molar refractivity (Wildman–Crippen MR) is 67.9 cm³/mol. The summed E-state index contributed by atoms with van der Waals surface area (Å²) >= 11 is 0. The number of nitrogens with zero attached hydrogens (tertiary/aromatic N) is 2. The summed E-state index contributed by atoms with van der Waals surface area (Å²) in [6.45, 7) is 0.732. The molecule has 94 valence electrons. The van der Waals surface area contributed by atoms with Crippen molar-refractivity contribution in [1.82, 2.24) is 10.3 Å². The molecule has 1 aliphatic rings. The van der Waals surface area contributed by atoms with Crippen LogP contribution in [0.2, 0.25) is 0 Å². The number of hydrogen-bond donors (Lipinski definition) is 1. The molecule has 0 bridgehead atoms. The van der Waals surface area contributed by atoms with Crippen LogP contribution in [0.5, 0.6) is 0 Å². The van der Waals surface area contributed by atoms with E-state index in [4.69, 9.17) is 5.26 Å². The molecule has 0 unspecified atom stereocenters. The molecule has 0 radical (unpaired) electrons. The Labute approximate surface area is 107 Å². The summed E-state index contributed by atoms with van der Waals surface area (Å²) in [7, 11) is 0. The number of rotatable bonds is 3. The Hall–Kier alpha value is -1.89. The average Bonchev–Trinajstić information content (AvgIpc) is 2.46. The van der Waals surface area contributed by atoms with Crippen LogP contribution in [-0.2, 0) is 0 Å². The molecule has 0 aromatic carbocycles. The minimum absolute atomic E-state index is 0.134. The van der Waals surface area contributed by atoms with Gasteiger partial charge in [-0.15, -0.1) is 0 Å². The van der Waals surface area contributed by atoms with Crippen LogP contribution in [0.4, 0.5) is 0 Å². The third-order valence-corrected chi connectivity index (χ3v) is 3.41. The van der Waals surface area contributed by atoms with Crippen molar-refractivity contribution in [3.8, 4) is 6.07 Å². The highest BCUT2D eigenvalue weighted by atomic mass is 16.1. The second kappa shape index (κ2) is 6.15. The molecule has 0 aliphatic heterocycles. The van der Waals surface area contributed by atoms with E-state index in [-0.39, 0.29) is 5.91 Å². The van der Waals surface area contributed by atoms with E-state index in [2.05, 4.69) is 10.3 Å². The molecular formula is C14H17N3O. The van der Waals surface area contributed by atoms with E-state index in [0.29, 0.717) is 17.0 Å². The number of nitrogens with one attached hydrogen (secondary N) is 1. The summed E-state index contributed by atoms with van der Waals surface area (Å²) in [4.78, 5) is 15.8. The number of carbonyl (C=O) groups is 1. The summed E-state index contributed by atoms with van der Waals surface area (Å²) in [6, 6.07) is 3.56. The van der Waals surface area contributed by atoms with Crippen LogP contribution >= 0.6 is 0 Å². The normalized spacial score (nSPS) is 15.9. The van der Waals surface area contributed by atoms with Gasteiger partial charge in [-0.25, -0.2) is 0 Å². The standard InChI is InChI=1S/C14H17N3O/c15-7-12-6-13(10-16-8-12)14(18)17-9-11-4-2-1-3-5-11/h6,8,10-11H,1-5,9H2,(H,17,18). The Morgan fingerprint density at radius 3 is 2.89 bits per heavy atom. The topological polar surface area (TPSA) is 65.8 Å². The number of pyridine rings is 1. The Balaban J connectivity index is 1.89. The lowest BCUT2D eigenvalue weighted by Gasteiger charge is -2.21. The Bertz CT molecular complexity index is 458. The van der Waals surface area contributed by atoms with E-state index in [0.717, 1.165) is 6.54 Å². The molecule has 1 aromatic heterocycles. The van der Waals surface area contributed by atoms with Gasteiger partial charge in [0.1, 0.15) is 6.07 Å². The summed E-state index contributed by atoms with van der Waals surface area (Å²) in [5, 5.41) is 11.7. The molecule has 1 amide bonds. The Kier molecular flexibility index (Phi) is 4.30. The summed E-state index contributed by atoms with van der Waals surface area (Å²) in [5.74, 6) is 0.472. The molecule has 18 heavy (non-hydrogen) atoms. The number of hydrogen-bond acceptors (Lipinski definition) is 3. The largest absolute Gasteiger partial charge is 0.352 e. The first-order valence-electron chi connectivity index (χ1n) is 6.43. The van der Waals surface area contributed by atoms with Gasteiger partial charge < -0.3 is 5.32 Å².